The fraction of sp³-hybridized carbons (Fsp3) is 0.227. The Kier molecular flexibility index (Phi) is 6.82. The standard InChI is InChI=1S/C22H21N5O5S2/c1-26-20(30)15-13(12-6-4-3-5-7-12)10-33-19(15)25-22(26)34-11-14(28)16-17(23)27(8-9-32-2)21(31)24-18(16)29/h3-7,10H,8-9,11,23H2,1-2H3,(H,24,29,31). The van der Waals surface area contributed by atoms with Crippen molar-refractivity contribution in [1.82, 2.24) is 19.1 Å². The van der Waals surface area contributed by atoms with Gasteiger partial charge >= 0.3 is 5.69 Å². The lowest BCUT2D eigenvalue weighted by atomic mass is 10.1. The van der Waals surface area contributed by atoms with Gasteiger partial charge in [-0.3, -0.25) is 28.5 Å². The smallest absolute Gasteiger partial charge is 0.330 e. The Morgan fingerprint density at radius 3 is 2.68 bits per heavy atom. The minimum absolute atomic E-state index is 0.0836. The Labute approximate surface area is 201 Å². The highest BCUT2D eigenvalue weighted by Gasteiger charge is 2.21. The maximum absolute atomic E-state index is 13.1. The Morgan fingerprint density at radius 2 is 1.97 bits per heavy atom. The Morgan fingerprint density at radius 1 is 1.24 bits per heavy atom. The number of fused-ring (bicyclic) bond motifs is 1. The summed E-state index contributed by atoms with van der Waals surface area (Å²) in [5, 5.41) is 2.73. The Balaban J connectivity index is 1.64. The average Bonchev–Trinajstić information content (AvgIpc) is 3.25. The molecular weight excluding hydrogens is 478 g/mol. The van der Waals surface area contributed by atoms with Crippen LogP contribution in [-0.2, 0) is 18.3 Å². The van der Waals surface area contributed by atoms with Crippen molar-refractivity contribution in [2.75, 3.05) is 25.2 Å². The molecule has 3 heterocycles. The topological polar surface area (TPSA) is 142 Å². The van der Waals surface area contributed by atoms with Crippen LogP contribution < -0.4 is 22.5 Å². The van der Waals surface area contributed by atoms with E-state index in [0.717, 1.165) is 27.5 Å². The molecule has 1 aromatic carbocycles. The van der Waals surface area contributed by atoms with Crippen LogP contribution in [0.4, 0.5) is 5.82 Å². The third kappa shape index (κ3) is 4.34. The van der Waals surface area contributed by atoms with E-state index in [9.17, 15) is 19.2 Å². The van der Waals surface area contributed by atoms with Gasteiger partial charge in [0, 0.05) is 25.1 Å². The molecule has 10 nitrogen and oxygen atoms in total. The number of carbonyl (C=O) groups excluding carboxylic acids is 1. The normalized spacial score (nSPS) is 11.2. The van der Waals surface area contributed by atoms with E-state index in [1.54, 1.807) is 7.05 Å². The Hall–Kier alpha value is -3.48. The lowest BCUT2D eigenvalue weighted by Crippen LogP contribution is -2.37. The zero-order valence-electron chi connectivity index (χ0n) is 18.4. The van der Waals surface area contributed by atoms with Gasteiger partial charge in [-0.2, -0.15) is 0 Å². The number of thiophene rings is 1. The molecule has 4 rings (SSSR count). The van der Waals surface area contributed by atoms with E-state index < -0.39 is 17.0 Å². The number of aromatic amines is 1. The van der Waals surface area contributed by atoms with Gasteiger partial charge < -0.3 is 10.5 Å². The summed E-state index contributed by atoms with van der Waals surface area (Å²) in [5.41, 5.74) is 5.58. The molecule has 0 amide bonds. The zero-order chi connectivity index (χ0) is 24.4. The van der Waals surface area contributed by atoms with Crippen molar-refractivity contribution >= 4 is 44.9 Å². The SMILES string of the molecule is COCCn1c(N)c(C(=O)CSc2nc3scc(-c4ccccc4)c3c(=O)n2C)c(=O)[nH]c1=O. The van der Waals surface area contributed by atoms with Gasteiger partial charge in [0.15, 0.2) is 10.9 Å². The van der Waals surface area contributed by atoms with Crippen LogP contribution in [-0.4, -0.2) is 44.4 Å². The average molecular weight is 500 g/mol. The van der Waals surface area contributed by atoms with Gasteiger partial charge in [0.2, 0.25) is 0 Å². The van der Waals surface area contributed by atoms with Crippen molar-refractivity contribution in [2.45, 2.75) is 11.7 Å². The molecule has 0 saturated heterocycles. The molecule has 0 saturated carbocycles. The summed E-state index contributed by atoms with van der Waals surface area (Å²) in [4.78, 5) is 57.6. The van der Waals surface area contributed by atoms with Crippen molar-refractivity contribution < 1.29 is 9.53 Å². The minimum Gasteiger partial charge on any atom is -0.384 e. The van der Waals surface area contributed by atoms with E-state index >= 15 is 0 Å². The molecule has 176 valence electrons. The molecule has 0 aliphatic heterocycles. The van der Waals surface area contributed by atoms with Crippen molar-refractivity contribution in [1.29, 1.82) is 0 Å². The first-order chi connectivity index (χ1) is 16.3. The van der Waals surface area contributed by atoms with Crippen LogP contribution in [0.5, 0.6) is 0 Å². The second-order valence-corrected chi connectivity index (χ2v) is 9.13. The third-order valence-corrected chi connectivity index (χ3v) is 7.13. The number of methoxy groups -OCH3 is 1. The van der Waals surface area contributed by atoms with E-state index in [0.29, 0.717) is 15.4 Å². The van der Waals surface area contributed by atoms with Crippen molar-refractivity contribution in [2.24, 2.45) is 7.05 Å². The van der Waals surface area contributed by atoms with Crippen LogP contribution in [0.25, 0.3) is 21.3 Å². The fourth-order valence-electron chi connectivity index (χ4n) is 3.48. The summed E-state index contributed by atoms with van der Waals surface area (Å²) in [6.45, 7) is 0.260. The van der Waals surface area contributed by atoms with Crippen molar-refractivity contribution in [3.63, 3.8) is 0 Å². The summed E-state index contributed by atoms with van der Waals surface area (Å²) in [5.74, 6) is -1.00. The number of ether oxygens (including phenoxy) is 1. The second-order valence-electron chi connectivity index (χ2n) is 7.33. The molecule has 0 aliphatic carbocycles. The number of H-pyrrole nitrogens is 1. The molecule has 3 aromatic heterocycles. The number of nitrogen functional groups attached to an aromatic ring is 1. The monoisotopic (exact) mass is 499 g/mol. The molecule has 3 N–H and O–H groups in total. The number of rotatable bonds is 8. The van der Waals surface area contributed by atoms with E-state index in [-0.39, 0.29) is 35.8 Å². The molecule has 34 heavy (non-hydrogen) atoms. The summed E-state index contributed by atoms with van der Waals surface area (Å²) in [6.07, 6.45) is 0. The summed E-state index contributed by atoms with van der Waals surface area (Å²) in [6, 6.07) is 9.56. The number of thioether (sulfide) groups is 1. The molecule has 0 fully saturated rings. The predicted octanol–water partition coefficient (Wildman–Crippen LogP) is 1.72. The summed E-state index contributed by atoms with van der Waals surface area (Å²) >= 11 is 2.36. The van der Waals surface area contributed by atoms with Gasteiger partial charge in [-0.1, -0.05) is 42.1 Å². The molecule has 0 radical (unpaired) electrons. The largest absolute Gasteiger partial charge is 0.384 e. The number of carbonyl (C=O) groups is 1. The number of hydrogen-bond donors (Lipinski definition) is 2. The number of benzene rings is 1. The quantitative estimate of drug-likeness (QED) is 0.212. The highest BCUT2D eigenvalue weighted by atomic mass is 32.2. The van der Waals surface area contributed by atoms with Gasteiger partial charge in [-0.25, -0.2) is 9.78 Å². The van der Waals surface area contributed by atoms with E-state index in [1.807, 2.05) is 35.7 Å². The number of nitrogens with two attached hydrogens (primary N) is 1. The van der Waals surface area contributed by atoms with Crippen LogP contribution in [0.2, 0.25) is 0 Å². The maximum atomic E-state index is 13.1. The number of nitrogens with one attached hydrogen (secondary N) is 1. The number of aromatic nitrogens is 4. The highest BCUT2D eigenvalue weighted by molar-refractivity contribution is 7.99. The molecule has 0 aliphatic rings. The predicted molar refractivity (Wildman–Crippen MR) is 133 cm³/mol. The Bertz CT molecular complexity index is 1550. The number of Topliss-reactive ketones (excluding diaryl/α,β-unsaturated/α-hetero) is 1. The first-order valence-electron chi connectivity index (χ1n) is 10.1. The number of anilines is 1. The number of ketones is 1. The maximum Gasteiger partial charge on any atom is 0.330 e. The van der Waals surface area contributed by atoms with Gasteiger partial charge in [-0.15, -0.1) is 11.3 Å². The second kappa shape index (κ2) is 9.79. The van der Waals surface area contributed by atoms with E-state index in [2.05, 4.69) is 9.97 Å². The lowest BCUT2D eigenvalue weighted by Gasteiger charge is -2.12. The van der Waals surface area contributed by atoms with Crippen LogP contribution >= 0.6 is 23.1 Å². The minimum atomic E-state index is -0.857. The molecule has 4 aromatic rings. The highest BCUT2D eigenvalue weighted by Crippen LogP contribution is 2.32. The van der Waals surface area contributed by atoms with Crippen molar-refractivity contribution in [3.8, 4) is 11.1 Å². The fourth-order valence-corrected chi connectivity index (χ4v) is 5.31. The van der Waals surface area contributed by atoms with Gasteiger partial charge in [-0.05, 0) is 5.56 Å². The van der Waals surface area contributed by atoms with E-state index in [4.69, 9.17) is 10.5 Å². The van der Waals surface area contributed by atoms with Crippen LogP contribution in [0.3, 0.4) is 0 Å². The first-order valence-corrected chi connectivity index (χ1v) is 12.0. The number of nitrogens with zero attached hydrogens (tertiary/aromatic N) is 3. The van der Waals surface area contributed by atoms with Crippen LogP contribution in [0.15, 0.2) is 55.3 Å². The van der Waals surface area contributed by atoms with Gasteiger partial charge in [0.25, 0.3) is 11.1 Å². The molecule has 0 bridgehead atoms. The third-order valence-electron chi connectivity index (χ3n) is 5.23. The summed E-state index contributed by atoms with van der Waals surface area (Å²) < 4.78 is 7.41. The first kappa shape index (κ1) is 23.7. The van der Waals surface area contributed by atoms with Crippen LogP contribution in [0.1, 0.15) is 10.4 Å². The van der Waals surface area contributed by atoms with Crippen molar-refractivity contribution in [3.05, 3.63) is 72.5 Å². The molecule has 0 unspecified atom stereocenters. The molecule has 0 spiro atoms. The van der Waals surface area contributed by atoms with Gasteiger partial charge in [0.1, 0.15) is 16.2 Å². The molecule has 12 heteroatoms. The van der Waals surface area contributed by atoms with Crippen LogP contribution in [0, 0.1) is 0 Å². The van der Waals surface area contributed by atoms with Gasteiger partial charge in [0.05, 0.1) is 24.3 Å². The lowest BCUT2D eigenvalue weighted by molar-refractivity contribution is 0.102. The summed E-state index contributed by atoms with van der Waals surface area (Å²) in [7, 11) is 3.04. The zero-order valence-corrected chi connectivity index (χ0v) is 20.0. The van der Waals surface area contributed by atoms with E-state index in [1.165, 1.54) is 23.0 Å². The number of hydrogen-bond acceptors (Lipinski definition) is 9. The molecule has 0 atom stereocenters. The molecular formula is C22H21N5O5S2.